The summed E-state index contributed by atoms with van der Waals surface area (Å²) in [5.41, 5.74) is 4.87. The van der Waals surface area contributed by atoms with Crippen LogP contribution in [-0.2, 0) is 13.5 Å². The smallest absolute Gasteiger partial charge is 0.191 e. The molecule has 0 amide bonds. The lowest BCUT2D eigenvalue weighted by molar-refractivity contribution is 0.313. The van der Waals surface area contributed by atoms with E-state index in [9.17, 15) is 0 Å². The standard InChI is InChI=1S/C22H35N5O/c1-7-23-22(24-13-8-14-28-20-11-9-16(2)10-12-20)25-17(3)15-21-18(4)26-27(6)19(21)5/h9-12,17H,7-8,13-15H2,1-6H3,(H2,23,24,25). The van der Waals surface area contributed by atoms with Crippen molar-refractivity contribution in [3.05, 3.63) is 46.8 Å². The molecule has 0 aliphatic carbocycles. The average molecular weight is 386 g/mol. The molecule has 6 nitrogen and oxygen atoms in total. The lowest BCUT2D eigenvalue weighted by Crippen LogP contribution is -2.43. The van der Waals surface area contributed by atoms with Gasteiger partial charge in [0.15, 0.2) is 5.96 Å². The molecule has 0 aliphatic rings. The van der Waals surface area contributed by atoms with Gasteiger partial charge in [0.2, 0.25) is 0 Å². The predicted octanol–water partition coefficient (Wildman–Crippen LogP) is 3.30. The molecule has 1 atom stereocenters. The number of guanidine groups is 1. The van der Waals surface area contributed by atoms with Gasteiger partial charge in [0.05, 0.1) is 12.3 Å². The Balaban J connectivity index is 1.81. The highest BCUT2D eigenvalue weighted by Gasteiger charge is 2.13. The number of hydrogen-bond donors (Lipinski definition) is 2. The van der Waals surface area contributed by atoms with Crippen molar-refractivity contribution in [2.24, 2.45) is 12.0 Å². The van der Waals surface area contributed by atoms with E-state index in [1.165, 1.54) is 16.8 Å². The number of nitrogens with one attached hydrogen (secondary N) is 2. The molecular weight excluding hydrogens is 350 g/mol. The second-order valence-electron chi connectivity index (χ2n) is 7.30. The zero-order chi connectivity index (χ0) is 20.5. The van der Waals surface area contributed by atoms with Gasteiger partial charge in [-0.2, -0.15) is 5.10 Å². The molecule has 0 spiro atoms. The maximum atomic E-state index is 5.77. The number of aliphatic imine (C=N–C) groups is 1. The van der Waals surface area contributed by atoms with Gasteiger partial charge < -0.3 is 15.4 Å². The summed E-state index contributed by atoms with van der Waals surface area (Å²) in [6.07, 6.45) is 1.80. The Hall–Kier alpha value is -2.50. The zero-order valence-electron chi connectivity index (χ0n) is 18.2. The second-order valence-corrected chi connectivity index (χ2v) is 7.30. The molecule has 1 aromatic heterocycles. The Labute approximate surface area is 169 Å². The first-order valence-electron chi connectivity index (χ1n) is 10.1. The monoisotopic (exact) mass is 385 g/mol. The van der Waals surface area contributed by atoms with Crippen LogP contribution in [0.1, 0.15) is 42.8 Å². The first-order chi connectivity index (χ1) is 13.4. The molecule has 0 fully saturated rings. The molecule has 28 heavy (non-hydrogen) atoms. The Morgan fingerprint density at radius 3 is 2.54 bits per heavy atom. The number of aryl methyl sites for hydroxylation is 3. The van der Waals surface area contributed by atoms with Crippen molar-refractivity contribution in [3.8, 4) is 5.75 Å². The number of benzene rings is 1. The molecule has 0 saturated carbocycles. The van der Waals surface area contributed by atoms with E-state index in [4.69, 9.17) is 4.74 Å². The van der Waals surface area contributed by atoms with Crippen LogP contribution in [0, 0.1) is 20.8 Å². The molecule has 154 valence electrons. The van der Waals surface area contributed by atoms with Crippen molar-refractivity contribution in [1.29, 1.82) is 0 Å². The molecule has 2 aromatic rings. The molecule has 0 aliphatic heterocycles. The summed E-state index contributed by atoms with van der Waals surface area (Å²) in [5.74, 6) is 1.76. The Bertz CT molecular complexity index is 764. The Kier molecular flexibility index (Phi) is 8.36. The summed E-state index contributed by atoms with van der Waals surface area (Å²) in [6, 6.07) is 8.41. The van der Waals surface area contributed by atoms with E-state index in [0.29, 0.717) is 6.61 Å². The molecule has 1 heterocycles. The van der Waals surface area contributed by atoms with Crippen molar-refractivity contribution < 1.29 is 4.74 Å². The van der Waals surface area contributed by atoms with Crippen LogP contribution < -0.4 is 15.4 Å². The highest BCUT2D eigenvalue weighted by atomic mass is 16.5. The highest BCUT2D eigenvalue weighted by molar-refractivity contribution is 5.80. The van der Waals surface area contributed by atoms with Gasteiger partial charge in [-0.3, -0.25) is 9.67 Å². The average Bonchev–Trinajstić information content (AvgIpc) is 2.89. The fraction of sp³-hybridized carbons (Fsp3) is 0.545. The van der Waals surface area contributed by atoms with Crippen molar-refractivity contribution in [2.75, 3.05) is 19.7 Å². The third-order valence-corrected chi connectivity index (χ3v) is 4.76. The van der Waals surface area contributed by atoms with Crippen LogP contribution in [0.3, 0.4) is 0 Å². The van der Waals surface area contributed by atoms with Crippen LogP contribution in [0.5, 0.6) is 5.75 Å². The van der Waals surface area contributed by atoms with Crippen molar-refractivity contribution in [1.82, 2.24) is 20.4 Å². The minimum Gasteiger partial charge on any atom is -0.494 e. The van der Waals surface area contributed by atoms with Crippen LogP contribution in [0.4, 0.5) is 0 Å². The summed E-state index contributed by atoms with van der Waals surface area (Å²) in [4.78, 5) is 4.68. The minimum absolute atomic E-state index is 0.267. The maximum Gasteiger partial charge on any atom is 0.191 e. The maximum absolute atomic E-state index is 5.77. The second kappa shape index (κ2) is 10.7. The Morgan fingerprint density at radius 2 is 1.93 bits per heavy atom. The van der Waals surface area contributed by atoms with E-state index in [2.05, 4.69) is 67.5 Å². The van der Waals surface area contributed by atoms with Gasteiger partial charge in [-0.25, -0.2) is 0 Å². The molecular formula is C22H35N5O. The van der Waals surface area contributed by atoms with Crippen LogP contribution in [0.15, 0.2) is 29.3 Å². The van der Waals surface area contributed by atoms with Gasteiger partial charge >= 0.3 is 0 Å². The Morgan fingerprint density at radius 1 is 1.21 bits per heavy atom. The van der Waals surface area contributed by atoms with Crippen molar-refractivity contribution in [3.63, 3.8) is 0 Å². The van der Waals surface area contributed by atoms with Crippen LogP contribution in [0.2, 0.25) is 0 Å². The molecule has 2 rings (SSSR count). The summed E-state index contributed by atoms with van der Waals surface area (Å²) in [6.45, 7) is 12.7. The minimum atomic E-state index is 0.267. The highest BCUT2D eigenvalue weighted by Crippen LogP contribution is 2.14. The fourth-order valence-electron chi connectivity index (χ4n) is 3.10. The quantitative estimate of drug-likeness (QED) is 0.395. The molecule has 0 bridgehead atoms. The van der Waals surface area contributed by atoms with Gasteiger partial charge in [-0.15, -0.1) is 0 Å². The predicted molar refractivity (Wildman–Crippen MR) is 116 cm³/mol. The summed E-state index contributed by atoms with van der Waals surface area (Å²) in [7, 11) is 1.99. The van der Waals surface area contributed by atoms with E-state index in [1.807, 2.05) is 23.9 Å². The van der Waals surface area contributed by atoms with E-state index >= 15 is 0 Å². The van der Waals surface area contributed by atoms with Gasteiger partial charge in [-0.05, 0) is 58.7 Å². The van der Waals surface area contributed by atoms with Crippen LogP contribution in [-0.4, -0.2) is 41.5 Å². The number of hydrogen-bond acceptors (Lipinski definition) is 3. The van der Waals surface area contributed by atoms with Crippen LogP contribution >= 0.6 is 0 Å². The van der Waals surface area contributed by atoms with Gasteiger partial charge in [0.25, 0.3) is 0 Å². The largest absolute Gasteiger partial charge is 0.494 e. The number of rotatable bonds is 9. The summed E-state index contributed by atoms with van der Waals surface area (Å²) >= 11 is 0. The fourth-order valence-corrected chi connectivity index (χ4v) is 3.10. The molecule has 6 heteroatoms. The molecule has 1 unspecified atom stereocenters. The first-order valence-corrected chi connectivity index (χ1v) is 10.1. The number of ether oxygens (including phenoxy) is 1. The van der Waals surface area contributed by atoms with E-state index in [0.717, 1.165) is 43.3 Å². The molecule has 0 saturated heterocycles. The lowest BCUT2D eigenvalue weighted by atomic mass is 10.1. The third-order valence-electron chi connectivity index (χ3n) is 4.76. The van der Waals surface area contributed by atoms with Gasteiger partial charge in [-0.1, -0.05) is 17.7 Å². The van der Waals surface area contributed by atoms with Gasteiger partial charge in [0.1, 0.15) is 5.75 Å². The lowest BCUT2D eigenvalue weighted by Gasteiger charge is -2.18. The first kappa shape index (κ1) is 21.8. The number of aromatic nitrogens is 2. The van der Waals surface area contributed by atoms with Gasteiger partial charge in [0, 0.05) is 38.3 Å². The summed E-state index contributed by atoms with van der Waals surface area (Å²) in [5, 5.41) is 11.3. The number of nitrogens with zero attached hydrogens (tertiary/aromatic N) is 3. The molecule has 0 radical (unpaired) electrons. The summed E-state index contributed by atoms with van der Waals surface area (Å²) < 4.78 is 7.72. The normalized spacial score (nSPS) is 12.7. The van der Waals surface area contributed by atoms with Crippen molar-refractivity contribution >= 4 is 5.96 Å². The van der Waals surface area contributed by atoms with E-state index < -0.39 is 0 Å². The molecule has 1 aromatic carbocycles. The topological polar surface area (TPSA) is 63.5 Å². The van der Waals surface area contributed by atoms with E-state index in [-0.39, 0.29) is 6.04 Å². The van der Waals surface area contributed by atoms with Crippen molar-refractivity contribution in [2.45, 2.75) is 53.5 Å². The zero-order valence-corrected chi connectivity index (χ0v) is 18.2. The van der Waals surface area contributed by atoms with E-state index in [1.54, 1.807) is 0 Å². The third kappa shape index (κ3) is 6.59. The van der Waals surface area contributed by atoms with Crippen LogP contribution in [0.25, 0.3) is 0 Å². The SMILES string of the molecule is CCNC(=NCCCOc1ccc(C)cc1)NC(C)Cc1c(C)nn(C)c1C. The molecule has 2 N–H and O–H groups in total.